The molecule has 1 aliphatic heterocycles. The van der Waals surface area contributed by atoms with Crippen molar-refractivity contribution in [2.24, 2.45) is 0 Å². The van der Waals surface area contributed by atoms with E-state index in [1.807, 2.05) is 13.0 Å². The van der Waals surface area contributed by atoms with Crippen molar-refractivity contribution < 1.29 is 28.2 Å². The first-order chi connectivity index (χ1) is 11.8. The van der Waals surface area contributed by atoms with E-state index in [1.165, 1.54) is 0 Å². The highest BCUT2D eigenvalue weighted by Crippen LogP contribution is 2.31. The minimum absolute atomic E-state index is 0.0998. The Morgan fingerprint density at radius 3 is 2.68 bits per heavy atom. The number of aliphatic hydroxyl groups excluding tert-OH is 3. The van der Waals surface area contributed by atoms with E-state index in [0.717, 1.165) is 12.0 Å². The third-order valence-corrected chi connectivity index (χ3v) is 6.70. The fraction of sp³-hybridized carbons (Fsp3) is 0.556. The molecule has 140 valence electrons. The maximum absolute atomic E-state index is 12.0. The second-order valence-electron chi connectivity index (χ2n) is 6.39. The molecule has 0 spiro atoms. The maximum Gasteiger partial charge on any atom is 0.163 e. The quantitative estimate of drug-likeness (QED) is 0.602. The van der Waals surface area contributed by atoms with Crippen LogP contribution in [0.3, 0.4) is 0 Å². The van der Waals surface area contributed by atoms with Crippen molar-refractivity contribution in [2.45, 2.75) is 51.1 Å². The molecule has 0 bridgehead atoms. The topological polar surface area (TPSA) is 108 Å². The number of hydrogen-bond acceptors (Lipinski definition) is 6. The predicted octanol–water partition coefficient (Wildman–Crippen LogP) is 1.81. The summed E-state index contributed by atoms with van der Waals surface area (Å²) in [5, 5.41) is 27.9. The van der Waals surface area contributed by atoms with Crippen LogP contribution in [0.4, 0.5) is 0 Å². The first-order valence-corrected chi connectivity index (χ1v) is 10.1. The molecule has 1 aliphatic rings. The van der Waals surface area contributed by atoms with E-state index in [9.17, 15) is 18.6 Å². The van der Waals surface area contributed by atoms with Crippen molar-refractivity contribution in [2.75, 3.05) is 12.4 Å². The van der Waals surface area contributed by atoms with E-state index < -0.39 is 27.8 Å². The van der Waals surface area contributed by atoms with Crippen LogP contribution < -0.4 is 0 Å². The van der Waals surface area contributed by atoms with Crippen LogP contribution in [0.5, 0.6) is 0 Å². The third-order valence-electron chi connectivity index (χ3n) is 4.59. The lowest BCUT2D eigenvalue weighted by molar-refractivity contribution is 0.188. The lowest BCUT2D eigenvalue weighted by Crippen LogP contribution is -2.29. The van der Waals surface area contributed by atoms with E-state index in [2.05, 4.69) is 0 Å². The number of rotatable bonds is 8. The Hall–Kier alpha value is -1.41. The number of allylic oxidation sites excluding steroid dienone is 1. The van der Waals surface area contributed by atoms with Crippen molar-refractivity contribution >= 4 is 15.9 Å². The lowest BCUT2D eigenvalue weighted by Gasteiger charge is -2.19. The van der Waals surface area contributed by atoms with Gasteiger partial charge >= 0.3 is 0 Å². The van der Waals surface area contributed by atoms with Crippen molar-refractivity contribution in [1.82, 2.24) is 0 Å². The zero-order valence-electron chi connectivity index (χ0n) is 14.6. The molecule has 2 rings (SSSR count). The molecule has 1 aromatic heterocycles. The van der Waals surface area contributed by atoms with Gasteiger partial charge in [0.25, 0.3) is 0 Å². The molecule has 6 nitrogen and oxygen atoms in total. The molecule has 25 heavy (non-hydrogen) atoms. The van der Waals surface area contributed by atoms with Crippen molar-refractivity contribution in [3.05, 3.63) is 40.4 Å². The van der Waals surface area contributed by atoms with Gasteiger partial charge in [0.1, 0.15) is 23.4 Å². The first kappa shape index (κ1) is 19.9. The molecule has 2 atom stereocenters. The molecular weight excluding hydrogens is 344 g/mol. The number of sulfone groups is 1. The second-order valence-corrected chi connectivity index (χ2v) is 8.57. The summed E-state index contributed by atoms with van der Waals surface area (Å²) in [5.74, 6) is 1.03. The van der Waals surface area contributed by atoms with Gasteiger partial charge in [-0.15, -0.1) is 0 Å². The van der Waals surface area contributed by atoms with Gasteiger partial charge in [0.2, 0.25) is 0 Å². The van der Waals surface area contributed by atoms with Gasteiger partial charge in [-0.05, 0) is 50.0 Å². The zero-order valence-corrected chi connectivity index (χ0v) is 15.4. The Morgan fingerprint density at radius 1 is 1.40 bits per heavy atom. The van der Waals surface area contributed by atoms with E-state index in [-0.39, 0.29) is 12.4 Å². The van der Waals surface area contributed by atoms with Crippen LogP contribution in [0.15, 0.2) is 33.3 Å². The van der Waals surface area contributed by atoms with Crippen molar-refractivity contribution in [1.29, 1.82) is 0 Å². The Morgan fingerprint density at radius 2 is 2.12 bits per heavy atom. The highest BCUT2D eigenvalue weighted by atomic mass is 32.2. The average molecular weight is 370 g/mol. The molecule has 3 N–H and O–H groups in total. The summed E-state index contributed by atoms with van der Waals surface area (Å²) in [6.45, 7) is 3.04. The standard InChI is InChI=1S/C18H26O6S/c1-3-13(8-14-5-6-15(9-19)24-14)4-7-16(21)18-12(2)11-25(22,23)17(18)10-20/h5-6,8,16-17,19-21H,3-4,7,9-11H2,1-2H3/b13-8+/t16-,17+/m1/s1. The van der Waals surface area contributed by atoms with Crippen LogP contribution in [0.1, 0.15) is 44.6 Å². The van der Waals surface area contributed by atoms with Gasteiger partial charge in [-0.25, -0.2) is 8.42 Å². The monoisotopic (exact) mass is 370 g/mol. The third kappa shape index (κ3) is 4.61. The molecule has 0 unspecified atom stereocenters. The average Bonchev–Trinajstić information content (AvgIpc) is 3.11. The number of hydrogen-bond donors (Lipinski definition) is 3. The van der Waals surface area contributed by atoms with E-state index in [1.54, 1.807) is 19.1 Å². The van der Waals surface area contributed by atoms with Gasteiger partial charge in [0.15, 0.2) is 9.84 Å². The fourth-order valence-corrected chi connectivity index (χ4v) is 5.20. The lowest BCUT2D eigenvalue weighted by atomic mass is 9.95. The SMILES string of the molecule is CC/C(=C\c1ccc(CO)o1)CC[C@@H](O)C1=C(C)CS(=O)(=O)[C@H]1CO. The smallest absolute Gasteiger partial charge is 0.163 e. The Balaban J connectivity index is 2.07. The predicted molar refractivity (Wildman–Crippen MR) is 95.5 cm³/mol. The molecule has 7 heteroatoms. The number of aliphatic hydroxyl groups is 3. The zero-order chi connectivity index (χ0) is 18.6. The molecule has 0 aromatic carbocycles. The van der Waals surface area contributed by atoms with E-state index in [0.29, 0.717) is 35.5 Å². The highest BCUT2D eigenvalue weighted by molar-refractivity contribution is 7.92. The largest absolute Gasteiger partial charge is 0.459 e. The Kier molecular flexibility index (Phi) is 6.62. The molecule has 0 fully saturated rings. The summed E-state index contributed by atoms with van der Waals surface area (Å²) in [6, 6.07) is 3.48. The molecule has 0 saturated carbocycles. The highest BCUT2D eigenvalue weighted by Gasteiger charge is 2.39. The van der Waals surface area contributed by atoms with E-state index >= 15 is 0 Å². The minimum atomic E-state index is -3.41. The maximum atomic E-state index is 12.0. The van der Waals surface area contributed by atoms with Crippen LogP contribution in [0, 0.1) is 0 Å². The van der Waals surface area contributed by atoms with Gasteiger partial charge < -0.3 is 19.7 Å². The van der Waals surface area contributed by atoms with Crippen molar-refractivity contribution in [3.8, 4) is 0 Å². The van der Waals surface area contributed by atoms with Gasteiger partial charge in [-0.1, -0.05) is 18.1 Å². The molecule has 0 amide bonds. The molecule has 0 radical (unpaired) electrons. The Labute approximate surface area is 148 Å². The molecule has 0 aliphatic carbocycles. The summed E-state index contributed by atoms with van der Waals surface area (Å²) >= 11 is 0. The van der Waals surface area contributed by atoms with Gasteiger partial charge in [0, 0.05) is 0 Å². The summed E-state index contributed by atoms with van der Waals surface area (Å²) in [6.07, 6.45) is 2.71. The Bertz CT molecular complexity index is 756. The second kappa shape index (κ2) is 8.31. The fourth-order valence-electron chi connectivity index (χ4n) is 3.25. The minimum Gasteiger partial charge on any atom is -0.459 e. The normalized spacial score (nSPS) is 21.8. The van der Waals surface area contributed by atoms with E-state index in [4.69, 9.17) is 9.52 Å². The first-order valence-electron chi connectivity index (χ1n) is 8.41. The molecular formula is C18H26O6S. The van der Waals surface area contributed by atoms with Crippen LogP contribution in [0.25, 0.3) is 6.08 Å². The van der Waals surface area contributed by atoms with Gasteiger partial charge in [0.05, 0.1) is 18.5 Å². The van der Waals surface area contributed by atoms with Crippen molar-refractivity contribution in [3.63, 3.8) is 0 Å². The molecule has 2 heterocycles. The molecule has 0 saturated heterocycles. The van der Waals surface area contributed by atoms with Gasteiger partial charge in [-0.3, -0.25) is 0 Å². The van der Waals surface area contributed by atoms with Crippen LogP contribution in [0.2, 0.25) is 0 Å². The summed E-state index contributed by atoms with van der Waals surface area (Å²) in [5.41, 5.74) is 2.13. The molecule has 1 aromatic rings. The van der Waals surface area contributed by atoms with Gasteiger partial charge in [-0.2, -0.15) is 0 Å². The summed E-state index contributed by atoms with van der Waals surface area (Å²) in [7, 11) is -3.41. The van der Waals surface area contributed by atoms with Crippen LogP contribution in [-0.4, -0.2) is 47.5 Å². The summed E-state index contributed by atoms with van der Waals surface area (Å²) < 4.78 is 29.5. The van der Waals surface area contributed by atoms with Crippen LogP contribution >= 0.6 is 0 Å². The number of furan rings is 1. The van der Waals surface area contributed by atoms with Crippen LogP contribution in [-0.2, 0) is 16.4 Å². The summed E-state index contributed by atoms with van der Waals surface area (Å²) in [4.78, 5) is 0.